The van der Waals surface area contributed by atoms with Crippen molar-refractivity contribution in [2.45, 2.75) is 6.92 Å². The standard InChI is InChI=1S/C16H11Cl2IO4/c1-2-22-14-6-9(8-20)5-13(19)15(14)23-16(21)11-7-10(17)3-4-12(11)18/h3-8H,2H2,1H3. The quantitative estimate of drug-likeness (QED) is 0.269. The molecule has 120 valence electrons. The van der Waals surface area contributed by atoms with Crippen molar-refractivity contribution in [3.8, 4) is 11.5 Å². The van der Waals surface area contributed by atoms with Crippen LogP contribution in [0.5, 0.6) is 11.5 Å². The number of halogens is 3. The smallest absolute Gasteiger partial charge is 0.345 e. The lowest BCUT2D eigenvalue weighted by Crippen LogP contribution is -2.11. The van der Waals surface area contributed by atoms with E-state index >= 15 is 0 Å². The first-order valence-corrected chi connectivity index (χ1v) is 8.38. The monoisotopic (exact) mass is 464 g/mol. The molecular weight excluding hydrogens is 454 g/mol. The molecule has 0 atom stereocenters. The average molecular weight is 465 g/mol. The Morgan fingerprint density at radius 3 is 2.65 bits per heavy atom. The normalized spacial score (nSPS) is 10.3. The number of hydrogen-bond acceptors (Lipinski definition) is 4. The molecule has 0 aromatic heterocycles. The summed E-state index contributed by atoms with van der Waals surface area (Å²) in [4.78, 5) is 23.3. The van der Waals surface area contributed by atoms with Gasteiger partial charge in [0, 0.05) is 10.6 Å². The molecule has 0 fully saturated rings. The molecule has 2 aromatic rings. The number of carbonyl (C=O) groups is 2. The number of rotatable bonds is 5. The Morgan fingerprint density at radius 1 is 1.26 bits per heavy atom. The van der Waals surface area contributed by atoms with Gasteiger partial charge in [0.15, 0.2) is 11.5 Å². The van der Waals surface area contributed by atoms with Crippen molar-refractivity contribution in [3.63, 3.8) is 0 Å². The van der Waals surface area contributed by atoms with E-state index in [0.29, 0.717) is 32.8 Å². The van der Waals surface area contributed by atoms with E-state index in [9.17, 15) is 9.59 Å². The van der Waals surface area contributed by atoms with Crippen molar-refractivity contribution < 1.29 is 19.1 Å². The summed E-state index contributed by atoms with van der Waals surface area (Å²) in [6.45, 7) is 2.15. The van der Waals surface area contributed by atoms with Crippen LogP contribution in [0.1, 0.15) is 27.6 Å². The summed E-state index contributed by atoms with van der Waals surface area (Å²) < 4.78 is 11.4. The van der Waals surface area contributed by atoms with E-state index in [0.717, 1.165) is 0 Å². The van der Waals surface area contributed by atoms with Gasteiger partial charge in [-0.05, 0) is 59.8 Å². The molecule has 0 unspecified atom stereocenters. The maximum atomic E-state index is 12.4. The molecule has 0 saturated heterocycles. The fraction of sp³-hybridized carbons (Fsp3) is 0.125. The van der Waals surface area contributed by atoms with Gasteiger partial charge in [0.1, 0.15) is 6.29 Å². The zero-order chi connectivity index (χ0) is 17.0. The van der Waals surface area contributed by atoms with Crippen LogP contribution in [0, 0.1) is 3.57 Å². The van der Waals surface area contributed by atoms with Gasteiger partial charge in [-0.25, -0.2) is 4.79 Å². The van der Waals surface area contributed by atoms with E-state index in [1.165, 1.54) is 18.2 Å². The van der Waals surface area contributed by atoms with E-state index in [1.807, 2.05) is 22.6 Å². The summed E-state index contributed by atoms with van der Waals surface area (Å²) in [5, 5.41) is 0.606. The highest BCUT2D eigenvalue weighted by atomic mass is 127. The van der Waals surface area contributed by atoms with Crippen molar-refractivity contribution in [3.05, 3.63) is 55.1 Å². The SMILES string of the molecule is CCOc1cc(C=O)cc(I)c1OC(=O)c1cc(Cl)ccc1Cl. The largest absolute Gasteiger partial charge is 0.490 e. The first-order valence-electron chi connectivity index (χ1n) is 6.55. The Bertz CT molecular complexity index is 762. The number of hydrogen-bond donors (Lipinski definition) is 0. The molecule has 4 nitrogen and oxygen atoms in total. The molecule has 0 amide bonds. The summed E-state index contributed by atoms with van der Waals surface area (Å²) in [6.07, 6.45) is 0.699. The van der Waals surface area contributed by atoms with Crippen LogP contribution < -0.4 is 9.47 Å². The number of carbonyl (C=O) groups excluding carboxylic acids is 2. The summed E-state index contributed by atoms with van der Waals surface area (Å²) in [5.74, 6) is -0.109. The van der Waals surface area contributed by atoms with Crippen LogP contribution in [-0.2, 0) is 0 Å². The van der Waals surface area contributed by atoms with Crippen LogP contribution in [0.2, 0.25) is 10.0 Å². The lowest BCUT2D eigenvalue weighted by Gasteiger charge is -2.13. The van der Waals surface area contributed by atoms with Crippen molar-refractivity contribution >= 4 is 58.0 Å². The Kier molecular flexibility index (Phi) is 6.26. The second-order valence-electron chi connectivity index (χ2n) is 4.39. The summed E-state index contributed by atoms with van der Waals surface area (Å²) >= 11 is 13.9. The zero-order valence-corrected chi connectivity index (χ0v) is 15.6. The van der Waals surface area contributed by atoms with Gasteiger partial charge in [0.05, 0.1) is 20.8 Å². The van der Waals surface area contributed by atoms with Crippen molar-refractivity contribution in [2.24, 2.45) is 0 Å². The van der Waals surface area contributed by atoms with Gasteiger partial charge in [-0.2, -0.15) is 0 Å². The van der Waals surface area contributed by atoms with Crippen LogP contribution in [0.4, 0.5) is 0 Å². The maximum absolute atomic E-state index is 12.4. The molecule has 0 aliphatic heterocycles. The summed E-state index contributed by atoms with van der Waals surface area (Å²) in [6, 6.07) is 7.64. The third-order valence-corrected chi connectivity index (χ3v) is 4.18. The minimum atomic E-state index is -0.657. The van der Waals surface area contributed by atoms with Gasteiger partial charge in [-0.3, -0.25) is 4.79 Å². The van der Waals surface area contributed by atoms with Crippen LogP contribution >= 0.6 is 45.8 Å². The van der Waals surface area contributed by atoms with E-state index in [2.05, 4.69) is 0 Å². The maximum Gasteiger partial charge on any atom is 0.345 e. The van der Waals surface area contributed by atoms with Crippen LogP contribution in [0.25, 0.3) is 0 Å². The van der Waals surface area contributed by atoms with Crippen LogP contribution in [-0.4, -0.2) is 18.9 Å². The van der Waals surface area contributed by atoms with Crippen LogP contribution in [0.15, 0.2) is 30.3 Å². The van der Waals surface area contributed by atoms with E-state index in [4.69, 9.17) is 32.7 Å². The average Bonchev–Trinajstić information content (AvgIpc) is 2.52. The van der Waals surface area contributed by atoms with Crippen LogP contribution in [0.3, 0.4) is 0 Å². The molecule has 0 bridgehead atoms. The molecular formula is C16H11Cl2IO4. The lowest BCUT2D eigenvalue weighted by atomic mass is 10.2. The van der Waals surface area contributed by atoms with Crippen molar-refractivity contribution in [1.29, 1.82) is 0 Å². The van der Waals surface area contributed by atoms with Gasteiger partial charge in [0.25, 0.3) is 0 Å². The highest BCUT2D eigenvalue weighted by molar-refractivity contribution is 14.1. The predicted octanol–water partition coefficient (Wildman–Crippen LogP) is 5.03. The van der Waals surface area contributed by atoms with E-state index in [1.54, 1.807) is 19.1 Å². The molecule has 0 spiro atoms. The van der Waals surface area contributed by atoms with Crippen molar-refractivity contribution in [1.82, 2.24) is 0 Å². The molecule has 2 rings (SSSR count). The zero-order valence-electron chi connectivity index (χ0n) is 11.9. The molecule has 7 heteroatoms. The van der Waals surface area contributed by atoms with E-state index in [-0.39, 0.29) is 16.3 Å². The van der Waals surface area contributed by atoms with Gasteiger partial charge in [-0.1, -0.05) is 23.2 Å². The third-order valence-electron chi connectivity index (χ3n) is 2.81. The number of ether oxygens (including phenoxy) is 2. The van der Waals surface area contributed by atoms with Gasteiger partial charge >= 0.3 is 5.97 Å². The molecule has 2 aromatic carbocycles. The molecule has 0 saturated carbocycles. The van der Waals surface area contributed by atoms with Crippen molar-refractivity contribution in [2.75, 3.05) is 6.61 Å². The first kappa shape index (κ1) is 18.0. The molecule has 0 heterocycles. The summed E-state index contributed by atoms with van der Waals surface area (Å²) in [5.41, 5.74) is 0.579. The molecule has 0 N–H and O–H groups in total. The van der Waals surface area contributed by atoms with Gasteiger partial charge in [-0.15, -0.1) is 0 Å². The Morgan fingerprint density at radius 2 is 2.00 bits per heavy atom. The highest BCUT2D eigenvalue weighted by Gasteiger charge is 2.19. The second kappa shape index (κ2) is 7.99. The Hall–Kier alpha value is -1.31. The summed E-state index contributed by atoms with van der Waals surface area (Å²) in [7, 11) is 0. The fourth-order valence-electron chi connectivity index (χ4n) is 1.82. The van der Waals surface area contributed by atoms with E-state index < -0.39 is 5.97 Å². The Balaban J connectivity index is 2.40. The molecule has 0 aliphatic carbocycles. The topological polar surface area (TPSA) is 52.6 Å². The first-order chi connectivity index (χ1) is 11.0. The Labute approximate surface area is 156 Å². The number of aldehydes is 1. The molecule has 0 radical (unpaired) electrons. The second-order valence-corrected chi connectivity index (χ2v) is 6.40. The van der Waals surface area contributed by atoms with Gasteiger partial charge in [0.2, 0.25) is 0 Å². The highest BCUT2D eigenvalue weighted by Crippen LogP contribution is 2.35. The number of esters is 1. The third kappa shape index (κ3) is 4.37. The minimum Gasteiger partial charge on any atom is -0.490 e. The fourth-order valence-corrected chi connectivity index (χ4v) is 2.92. The minimum absolute atomic E-state index is 0.150. The van der Waals surface area contributed by atoms with Gasteiger partial charge < -0.3 is 9.47 Å². The molecule has 0 aliphatic rings. The predicted molar refractivity (Wildman–Crippen MR) is 97.1 cm³/mol. The molecule has 23 heavy (non-hydrogen) atoms. The number of benzene rings is 2. The lowest BCUT2D eigenvalue weighted by molar-refractivity contribution is 0.0727.